The van der Waals surface area contributed by atoms with Gasteiger partial charge in [-0.15, -0.1) is 11.8 Å². The predicted molar refractivity (Wildman–Crippen MR) is 85.7 cm³/mol. The summed E-state index contributed by atoms with van der Waals surface area (Å²) in [7, 11) is 0. The minimum absolute atomic E-state index is 0.0393. The van der Waals surface area contributed by atoms with E-state index in [-0.39, 0.29) is 12.3 Å². The topological polar surface area (TPSA) is 66.4 Å². The molecule has 0 saturated heterocycles. The van der Waals surface area contributed by atoms with Gasteiger partial charge < -0.3 is 10.4 Å². The van der Waals surface area contributed by atoms with E-state index in [0.29, 0.717) is 19.4 Å². The number of carbonyl (C=O) groups excluding carboxylic acids is 1. The van der Waals surface area contributed by atoms with Crippen molar-refractivity contribution in [3.63, 3.8) is 0 Å². The van der Waals surface area contributed by atoms with E-state index in [1.165, 1.54) is 4.90 Å². The van der Waals surface area contributed by atoms with Crippen molar-refractivity contribution >= 4 is 23.6 Å². The molecule has 0 heterocycles. The van der Waals surface area contributed by atoms with Crippen molar-refractivity contribution in [1.82, 2.24) is 5.32 Å². The summed E-state index contributed by atoms with van der Waals surface area (Å²) in [6.07, 6.45) is 6.14. The Morgan fingerprint density at radius 1 is 1.10 bits per heavy atom. The highest BCUT2D eigenvalue weighted by atomic mass is 32.2. The van der Waals surface area contributed by atoms with Crippen molar-refractivity contribution in [1.29, 1.82) is 0 Å². The molecule has 0 radical (unpaired) electrons. The molecular formula is C16H23NO3S. The molecule has 1 amide bonds. The van der Waals surface area contributed by atoms with Gasteiger partial charge in [-0.3, -0.25) is 9.59 Å². The molecule has 0 aliphatic rings. The number of nitrogens with one attached hydrogen (secondary N) is 1. The van der Waals surface area contributed by atoms with Gasteiger partial charge in [0.25, 0.3) is 0 Å². The molecule has 0 atom stereocenters. The lowest BCUT2D eigenvalue weighted by molar-refractivity contribution is -0.137. The fourth-order valence-electron chi connectivity index (χ4n) is 1.97. The van der Waals surface area contributed by atoms with E-state index in [0.717, 1.165) is 24.8 Å². The number of carboxylic acids is 1. The zero-order valence-corrected chi connectivity index (χ0v) is 13.2. The molecule has 0 fully saturated rings. The third-order valence-corrected chi connectivity index (χ3v) is 3.91. The van der Waals surface area contributed by atoms with Gasteiger partial charge in [-0.1, -0.05) is 25.0 Å². The molecule has 2 N–H and O–H groups in total. The average Bonchev–Trinajstić information content (AvgIpc) is 2.46. The van der Waals surface area contributed by atoms with Crippen LogP contribution in [-0.4, -0.2) is 29.8 Å². The summed E-state index contributed by atoms with van der Waals surface area (Å²) in [6.45, 7) is 0.662. The van der Waals surface area contributed by atoms with E-state index in [9.17, 15) is 9.59 Å². The highest BCUT2D eigenvalue weighted by molar-refractivity contribution is 7.98. The molecule has 1 aromatic carbocycles. The predicted octanol–water partition coefficient (Wildman–Crippen LogP) is 3.10. The molecule has 0 unspecified atom stereocenters. The number of benzene rings is 1. The summed E-state index contributed by atoms with van der Waals surface area (Å²) in [5.74, 6) is -0.701. The smallest absolute Gasteiger partial charge is 0.303 e. The first kappa shape index (κ1) is 17.6. The summed E-state index contributed by atoms with van der Waals surface area (Å²) < 4.78 is 0. The second-order valence-corrected chi connectivity index (χ2v) is 5.81. The lowest BCUT2D eigenvalue weighted by Crippen LogP contribution is -2.26. The first-order chi connectivity index (χ1) is 10.1. The Hall–Kier alpha value is -1.49. The SMILES string of the molecule is CSc1ccc(CC(=O)NCCCCCCC(=O)O)cc1. The Labute approximate surface area is 130 Å². The number of aliphatic carboxylic acids is 1. The van der Waals surface area contributed by atoms with Crippen LogP contribution < -0.4 is 5.32 Å². The largest absolute Gasteiger partial charge is 0.481 e. The average molecular weight is 309 g/mol. The molecule has 1 rings (SSSR count). The number of hydrogen-bond donors (Lipinski definition) is 2. The zero-order chi connectivity index (χ0) is 15.5. The van der Waals surface area contributed by atoms with E-state index in [2.05, 4.69) is 5.32 Å². The molecule has 0 spiro atoms. The van der Waals surface area contributed by atoms with Crippen molar-refractivity contribution in [2.45, 2.75) is 43.4 Å². The molecule has 0 aliphatic carbocycles. The van der Waals surface area contributed by atoms with Gasteiger partial charge in [-0.05, 0) is 36.8 Å². The van der Waals surface area contributed by atoms with Crippen molar-refractivity contribution in [3.8, 4) is 0 Å². The first-order valence-electron chi connectivity index (χ1n) is 7.23. The maximum atomic E-state index is 11.8. The van der Waals surface area contributed by atoms with Crippen LogP contribution >= 0.6 is 11.8 Å². The van der Waals surface area contributed by atoms with Gasteiger partial charge in [0.05, 0.1) is 6.42 Å². The molecule has 0 aromatic heterocycles. The molecular weight excluding hydrogens is 286 g/mol. The summed E-state index contributed by atoms with van der Waals surface area (Å²) in [6, 6.07) is 8.01. The van der Waals surface area contributed by atoms with E-state index < -0.39 is 5.97 Å². The zero-order valence-electron chi connectivity index (χ0n) is 12.4. The monoisotopic (exact) mass is 309 g/mol. The fourth-order valence-corrected chi connectivity index (χ4v) is 2.38. The Morgan fingerprint density at radius 3 is 2.38 bits per heavy atom. The van der Waals surface area contributed by atoms with Gasteiger partial charge >= 0.3 is 5.97 Å². The van der Waals surface area contributed by atoms with E-state index in [1.807, 2.05) is 30.5 Å². The van der Waals surface area contributed by atoms with Gasteiger partial charge in [-0.25, -0.2) is 0 Å². The van der Waals surface area contributed by atoms with Crippen LogP contribution in [0.1, 0.15) is 37.7 Å². The van der Waals surface area contributed by atoms with Crippen LogP contribution in [0.5, 0.6) is 0 Å². The molecule has 1 aromatic rings. The summed E-state index contributed by atoms with van der Waals surface area (Å²) >= 11 is 1.68. The van der Waals surface area contributed by atoms with Crippen LogP contribution in [0.25, 0.3) is 0 Å². The van der Waals surface area contributed by atoms with E-state index in [4.69, 9.17) is 5.11 Å². The minimum Gasteiger partial charge on any atom is -0.481 e. The Balaban J connectivity index is 2.09. The number of carbonyl (C=O) groups is 2. The van der Waals surface area contributed by atoms with Crippen LogP contribution in [0.4, 0.5) is 0 Å². The number of hydrogen-bond acceptors (Lipinski definition) is 3. The first-order valence-corrected chi connectivity index (χ1v) is 8.45. The van der Waals surface area contributed by atoms with Crippen LogP contribution in [0.2, 0.25) is 0 Å². The van der Waals surface area contributed by atoms with Crippen molar-refractivity contribution < 1.29 is 14.7 Å². The summed E-state index contributed by atoms with van der Waals surface area (Å²) in [5, 5.41) is 11.4. The molecule has 0 aliphatic heterocycles. The number of unbranched alkanes of at least 4 members (excludes halogenated alkanes) is 3. The van der Waals surface area contributed by atoms with Gasteiger partial charge in [0.1, 0.15) is 0 Å². The van der Waals surface area contributed by atoms with E-state index >= 15 is 0 Å². The third kappa shape index (κ3) is 8.40. The molecule has 0 bridgehead atoms. The minimum atomic E-state index is -0.740. The molecule has 5 heteroatoms. The standard InChI is InChI=1S/C16H23NO3S/c1-21-14-9-7-13(8-10-14)12-15(18)17-11-5-3-2-4-6-16(19)20/h7-10H,2-6,11-12H2,1H3,(H,17,18)(H,19,20). The van der Waals surface area contributed by atoms with Crippen LogP contribution in [0.15, 0.2) is 29.2 Å². The van der Waals surface area contributed by atoms with Crippen molar-refractivity contribution in [2.24, 2.45) is 0 Å². The summed E-state index contributed by atoms with van der Waals surface area (Å²) in [5.41, 5.74) is 1.02. The molecule has 0 saturated carbocycles. The van der Waals surface area contributed by atoms with Gasteiger partial charge in [0, 0.05) is 17.9 Å². The molecule has 21 heavy (non-hydrogen) atoms. The lowest BCUT2D eigenvalue weighted by atomic mass is 10.1. The lowest BCUT2D eigenvalue weighted by Gasteiger charge is -2.06. The van der Waals surface area contributed by atoms with Gasteiger partial charge in [0.15, 0.2) is 0 Å². The van der Waals surface area contributed by atoms with Crippen LogP contribution in [0.3, 0.4) is 0 Å². The van der Waals surface area contributed by atoms with Gasteiger partial charge in [-0.2, -0.15) is 0 Å². The number of carboxylic acid groups (broad SMARTS) is 1. The van der Waals surface area contributed by atoms with Crippen molar-refractivity contribution in [3.05, 3.63) is 29.8 Å². The van der Waals surface area contributed by atoms with Crippen LogP contribution in [0, 0.1) is 0 Å². The quantitative estimate of drug-likeness (QED) is 0.515. The molecule has 116 valence electrons. The normalized spacial score (nSPS) is 10.3. The number of amides is 1. The highest BCUT2D eigenvalue weighted by Crippen LogP contribution is 2.15. The maximum Gasteiger partial charge on any atom is 0.303 e. The Morgan fingerprint density at radius 2 is 1.76 bits per heavy atom. The Kier molecular flexibility index (Phi) is 8.59. The fraction of sp³-hybridized carbons (Fsp3) is 0.500. The second kappa shape index (κ2) is 10.3. The number of thioether (sulfide) groups is 1. The van der Waals surface area contributed by atoms with E-state index in [1.54, 1.807) is 11.8 Å². The van der Waals surface area contributed by atoms with Gasteiger partial charge in [0.2, 0.25) is 5.91 Å². The summed E-state index contributed by atoms with van der Waals surface area (Å²) in [4.78, 5) is 23.3. The highest BCUT2D eigenvalue weighted by Gasteiger charge is 2.03. The maximum absolute atomic E-state index is 11.8. The molecule has 4 nitrogen and oxygen atoms in total. The van der Waals surface area contributed by atoms with Crippen molar-refractivity contribution in [2.75, 3.05) is 12.8 Å². The van der Waals surface area contributed by atoms with Crippen LogP contribution in [-0.2, 0) is 16.0 Å². The number of rotatable bonds is 10. The second-order valence-electron chi connectivity index (χ2n) is 4.93. The third-order valence-electron chi connectivity index (χ3n) is 3.16. The Bertz CT molecular complexity index is 445.